The summed E-state index contributed by atoms with van der Waals surface area (Å²) in [6, 6.07) is 5.42. The average molecular weight is 228 g/mol. The van der Waals surface area contributed by atoms with E-state index in [4.69, 9.17) is 0 Å². The summed E-state index contributed by atoms with van der Waals surface area (Å²) in [5.41, 5.74) is 1.11. The topological polar surface area (TPSA) is 67.8 Å². The van der Waals surface area contributed by atoms with Crippen LogP contribution in [0.2, 0.25) is 0 Å². The van der Waals surface area contributed by atoms with Gasteiger partial charge in [0.2, 0.25) is 0 Å². The van der Waals surface area contributed by atoms with Gasteiger partial charge in [0.05, 0.1) is 17.9 Å². The molecule has 0 aliphatic rings. The van der Waals surface area contributed by atoms with Crippen molar-refractivity contribution in [2.45, 2.75) is 13.0 Å². The summed E-state index contributed by atoms with van der Waals surface area (Å²) in [6.45, 7) is 1.87. The molecule has 5 nitrogen and oxygen atoms in total. The van der Waals surface area contributed by atoms with Crippen molar-refractivity contribution in [2.24, 2.45) is 0 Å². The Balaban J connectivity index is 2.05. The van der Waals surface area contributed by atoms with E-state index in [1.807, 2.05) is 25.1 Å². The number of amides is 1. The molecule has 2 heterocycles. The van der Waals surface area contributed by atoms with Crippen molar-refractivity contribution in [3.63, 3.8) is 0 Å². The first-order valence-electron chi connectivity index (χ1n) is 5.25. The predicted molar refractivity (Wildman–Crippen MR) is 62.2 cm³/mol. The zero-order valence-electron chi connectivity index (χ0n) is 9.37. The van der Waals surface area contributed by atoms with E-state index < -0.39 is 0 Å². The second kappa shape index (κ2) is 5.16. The van der Waals surface area contributed by atoms with Crippen LogP contribution < -0.4 is 5.32 Å². The summed E-state index contributed by atoms with van der Waals surface area (Å²) in [6.07, 6.45) is 6.14. The Morgan fingerprint density at radius 1 is 1.24 bits per heavy atom. The highest BCUT2D eigenvalue weighted by Crippen LogP contribution is 2.08. The van der Waals surface area contributed by atoms with Crippen LogP contribution in [0.5, 0.6) is 0 Å². The summed E-state index contributed by atoms with van der Waals surface area (Å²) >= 11 is 0. The normalized spacial score (nSPS) is 11.8. The molecule has 0 aromatic carbocycles. The van der Waals surface area contributed by atoms with E-state index in [0.717, 1.165) is 5.69 Å². The first kappa shape index (κ1) is 11.2. The van der Waals surface area contributed by atoms with Crippen LogP contribution in [0.15, 0.2) is 43.0 Å². The van der Waals surface area contributed by atoms with Crippen LogP contribution in [0.1, 0.15) is 29.1 Å². The molecule has 5 heteroatoms. The molecule has 0 fully saturated rings. The van der Waals surface area contributed by atoms with E-state index in [2.05, 4.69) is 20.3 Å². The minimum absolute atomic E-state index is 0.161. The fourth-order valence-electron chi connectivity index (χ4n) is 1.39. The molecule has 1 N–H and O–H groups in total. The third-order valence-electron chi connectivity index (χ3n) is 2.27. The van der Waals surface area contributed by atoms with Gasteiger partial charge in [0, 0.05) is 18.6 Å². The molecule has 2 aromatic rings. The van der Waals surface area contributed by atoms with Gasteiger partial charge in [0.15, 0.2) is 0 Å². The fourth-order valence-corrected chi connectivity index (χ4v) is 1.39. The Morgan fingerprint density at radius 2 is 2.12 bits per heavy atom. The van der Waals surface area contributed by atoms with Crippen molar-refractivity contribution < 1.29 is 4.79 Å². The maximum absolute atomic E-state index is 11.8. The summed E-state index contributed by atoms with van der Waals surface area (Å²) in [7, 11) is 0. The summed E-state index contributed by atoms with van der Waals surface area (Å²) in [5.74, 6) is -0.253. The van der Waals surface area contributed by atoms with Crippen LogP contribution in [0.4, 0.5) is 0 Å². The van der Waals surface area contributed by atoms with Crippen LogP contribution >= 0.6 is 0 Å². The predicted octanol–water partition coefficient (Wildman–Crippen LogP) is 1.36. The number of nitrogens with zero attached hydrogens (tertiary/aromatic N) is 3. The number of hydrogen-bond acceptors (Lipinski definition) is 4. The van der Waals surface area contributed by atoms with Crippen molar-refractivity contribution in [3.05, 3.63) is 54.4 Å². The molecule has 86 valence electrons. The Morgan fingerprint density at radius 3 is 2.76 bits per heavy atom. The second-order valence-corrected chi connectivity index (χ2v) is 3.54. The maximum atomic E-state index is 11.8. The van der Waals surface area contributed by atoms with Crippen LogP contribution in [-0.2, 0) is 0 Å². The van der Waals surface area contributed by atoms with Gasteiger partial charge >= 0.3 is 0 Å². The van der Waals surface area contributed by atoms with Crippen molar-refractivity contribution in [1.29, 1.82) is 0 Å². The molecule has 0 saturated heterocycles. The van der Waals surface area contributed by atoms with Crippen molar-refractivity contribution >= 4 is 5.91 Å². The number of carbonyl (C=O) groups excluding carboxylic acids is 1. The highest BCUT2D eigenvalue weighted by molar-refractivity contribution is 5.92. The molecule has 2 rings (SSSR count). The summed E-state index contributed by atoms with van der Waals surface area (Å²) in [4.78, 5) is 23.7. The number of carbonyl (C=O) groups is 1. The lowest BCUT2D eigenvalue weighted by Gasteiger charge is -2.12. The van der Waals surface area contributed by atoms with Crippen molar-refractivity contribution in [3.8, 4) is 0 Å². The van der Waals surface area contributed by atoms with Crippen molar-refractivity contribution in [1.82, 2.24) is 20.3 Å². The molecule has 1 atom stereocenters. The highest BCUT2D eigenvalue weighted by atomic mass is 16.1. The number of hydrogen-bond donors (Lipinski definition) is 1. The number of rotatable bonds is 3. The average Bonchev–Trinajstić information content (AvgIpc) is 2.40. The van der Waals surface area contributed by atoms with Crippen LogP contribution in [0.25, 0.3) is 0 Å². The monoisotopic (exact) mass is 228 g/mol. The van der Waals surface area contributed by atoms with Gasteiger partial charge in [-0.1, -0.05) is 6.07 Å². The standard InChI is InChI=1S/C12H12N4O/c1-9(10-4-2-3-5-14-10)16-12(17)11-8-13-6-7-15-11/h2-9H,1H3,(H,16,17)/t9-/m1/s1. The van der Waals surface area contributed by atoms with Gasteiger partial charge < -0.3 is 5.32 Å². The summed E-state index contributed by atoms with van der Waals surface area (Å²) in [5, 5.41) is 2.81. The Hall–Kier alpha value is -2.30. The van der Waals surface area contributed by atoms with Crippen LogP contribution in [-0.4, -0.2) is 20.9 Å². The Bertz CT molecular complexity index is 486. The lowest BCUT2D eigenvalue weighted by molar-refractivity contribution is 0.0933. The van der Waals surface area contributed by atoms with Gasteiger partial charge in [-0.25, -0.2) is 4.98 Å². The van der Waals surface area contributed by atoms with Gasteiger partial charge in [-0.15, -0.1) is 0 Å². The number of nitrogens with one attached hydrogen (secondary N) is 1. The van der Waals surface area contributed by atoms with Gasteiger partial charge in [-0.05, 0) is 19.1 Å². The maximum Gasteiger partial charge on any atom is 0.272 e. The van der Waals surface area contributed by atoms with E-state index in [0.29, 0.717) is 5.69 Å². The first-order valence-corrected chi connectivity index (χ1v) is 5.25. The molecule has 0 spiro atoms. The van der Waals surface area contributed by atoms with E-state index in [-0.39, 0.29) is 11.9 Å². The summed E-state index contributed by atoms with van der Waals surface area (Å²) < 4.78 is 0. The third kappa shape index (κ3) is 2.84. The Kier molecular flexibility index (Phi) is 3.40. The van der Waals surface area contributed by atoms with E-state index in [9.17, 15) is 4.79 Å². The van der Waals surface area contributed by atoms with Crippen LogP contribution in [0.3, 0.4) is 0 Å². The van der Waals surface area contributed by atoms with E-state index in [1.54, 1.807) is 6.20 Å². The van der Waals surface area contributed by atoms with Gasteiger partial charge in [-0.3, -0.25) is 14.8 Å². The smallest absolute Gasteiger partial charge is 0.272 e. The third-order valence-corrected chi connectivity index (χ3v) is 2.27. The lowest BCUT2D eigenvalue weighted by Crippen LogP contribution is -2.27. The molecular formula is C12H12N4O. The van der Waals surface area contributed by atoms with E-state index >= 15 is 0 Å². The fraction of sp³-hybridized carbons (Fsp3) is 0.167. The Labute approximate surface area is 99.0 Å². The molecule has 0 aliphatic carbocycles. The number of pyridine rings is 1. The molecule has 1 amide bonds. The lowest BCUT2D eigenvalue weighted by atomic mass is 10.2. The molecule has 0 radical (unpaired) electrons. The minimum Gasteiger partial charge on any atom is -0.343 e. The molecular weight excluding hydrogens is 216 g/mol. The second-order valence-electron chi connectivity index (χ2n) is 3.54. The highest BCUT2D eigenvalue weighted by Gasteiger charge is 2.12. The molecule has 17 heavy (non-hydrogen) atoms. The first-order chi connectivity index (χ1) is 8.27. The molecule has 0 bridgehead atoms. The molecule has 0 aliphatic heterocycles. The minimum atomic E-state index is -0.253. The van der Waals surface area contributed by atoms with Gasteiger partial charge in [0.1, 0.15) is 5.69 Å². The molecule has 0 saturated carbocycles. The van der Waals surface area contributed by atoms with Gasteiger partial charge in [-0.2, -0.15) is 0 Å². The zero-order chi connectivity index (χ0) is 12.1. The van der Waals surface area contributed by atoms with E-state index in [1.165, 1.54) is 18.6 Å². The largest absolute Gasteiger partial charge is 0.343 e. The number of aromatic nitrogens is 3. The molecule has 2 aromatic heterocycles. The van der Waals surface area contributed by atoms with Crippen molar-refractivity contribution in [2.75, 3.05) is 0 Å². The SMILES string of the molecule is C[C@@H](NC(=O)c1cnccn1)c1ccccn1. The molecule has 0 unspecified atom stereocenters. The zero-order valence-corrected chi connectivity index (χ0v) is 9.37. The van der Waals surface area contributed by atoms with Gasteiger partial charge in [0.25, 0.3) is 5.91 Å². The van der Waals surface area contributed by atoms with Crippen LogP contribution in [0, 0.1) is 0 Å². The quantitative estimate of drug-likeness (QED) is 0.861.